The summed E-state index contributed by atoms with van der Waals surface area (Å²) in [6.45, 7) is 0.656. The Morgan fingerprint density at radius 1 is 1.22 bits per heavy atom. The molecule has 1 aromatic carbocycles. The van der Waals surface area contributed by atoms with Gasteiger partial charge in [0, 0.05) is 17.8 Å². The van der Waals surface area contributed by atoms with E-state index in [-0.39, 0.29) is 0 Å². The molecule has 3 nitrogen and oxygen atoms in total. The summed E-state index contributed by atoms with van der Waals surface area (Å²) < 4.78 is 0. The number of hydrogen-bond acceptors (Lipinski definition) is 2. The van der Waals surface area contributed by atoms with Gasteiger partial charge in [0.2, 0.25) is 0 Å². The number of benzene rings is 1. The Hall–Kier alpha value is -1.65. The van der Waals surface area contributed by atoms with Crippen LogP contribution in [0.3, 0.4) is 0 Å². The number of pyridine rings is 1. The van der Waals surface area contributed by atoms with Crippen molar-refractivity contribution in [3.63, 3.8) is 0 Å². The highest BCUT2D eigenvalue weighted by Crippen LogP contribution is 2.09. The molecule has 0 unspecified atom stereocenters. The van der Waals surface area contributed by atoms with E-state index in [4.69, 9.17) is 23.8 Å². The van der Waals surface area contributed by atoms with Gasteiger partial charge in [-0.15, -0.1) is 0 Å². The third kappa shape index (κ3) is 3.98. The van der Waals surface area contributed by atoms with Crippen molar-refractivity contribution in [2.24, 2.45) is 0 Å². The maximum absolute atomic E-state index is 5.82. The Morgan fingerprint density at radius 2 is 2.00 bits per heavy atom. The highest BCUT2D eigenvalue weighted by molar-refractivity contribution is 7.80. The lowest BCUT2D eigenvalue weighted by molar-refractivity contribution is 0.926. The normalized spacial score (nSPS) is 9.83. The summed E-state index contributed by atoms with van der Waals surface area (Å²) in [4.78, 5) is 4.00. The number of aromatic nitrogens is 1. The molecule has 0 saturated carbocycles. The molecule has 0 aliphatic carbocycles. The lowest BCUT2D eigenvalue weighted by atomic mass is 10.2. The molecule has 1 aromatic heterocycles. The minimum Gasteiger partial charge on any atom is -0.358 e. The van der Waals surface area contributed by atoms with Crippen molar-refractivity contribution < 1.29 is 0 Å². The third-order valence-corrected chi connectivity index (χ3v) is 2.78. The number of nitrogens with zero attached hydrogens (tertiary/aromatic N) is 1. The highest BCUT2D eigenvalue weighted by Gasteiger charge is 1.98. The first-order chi connectivity index (χ1) is 8.74. The van der Waals surface area contributed by atoms with Gasteiger partial charge in [-0.25, -0.2) is 0 Å². The molecule has 0 atom stereocenters. The fourth-order valence-corrected chi connectivity index (χ4v) is 1.71. The molecule has 2 aromatic rings. The van der Waals surface area contributed by atoms with Gasteiger partial charge < -0.3 is 10.6 Å². The first-order valence-electron chi connectivity index (χ1n) is 5.43. The van der Waals surface area contributed by atoms with Gasteiger partial charge in [-0.1, -0.05) is 23.7 Å². The molecule has 92 valence electrons. The number of halogens is 1. The standard InChI is InChI=1S/C13H12ClN3S/c14-11-5-3-10(4-6-11)8-16-13(18)17-12-2-1-7-15-9-12/h1-7,9H,8H2,(H2,16,17,18). The van der Waals surface area contributed by atoms with E-state index in [2.05, 4.69) is 15.6 Å². The lowest BCUT2D eigenvalue weighted by Gasteiger charge is -2.10. The molecule has 18 heavy (non-hydrogen) atoms. The van der Waals surface area contributed by atoms with Crippen molar-refractivity contribution in [2.75, 3.05) is 5.32 Å². The zero-order valence-corrected chi connectivity index (χ0v) is 11.1. The van der Waals surface area contributed by atoms with Crippen LogP contribution in [0.2, 0.25) is 5.02 Å². The van der Waals surface area contributed by atoms with Crippen LogP contribution in [0.25, 0.3) is 0 Å². The maximum Gasteiger partial charge on any atom is 0.171 e. The van der Waals surface area contributed by atoms with Crippen LogP contribution in [0, 0.1) is 0 Å². The molecule has 2 N–H and O–H groups in total. The molecular weight excluding hydrogens is 266 g/mol. The van der Waals surface area contributed by atoms with E-state index in [1.165, 1.54) is 0 Å². The minimum absolute atomic E-state index is 0.568. The smallest absolute Gasteiger partial charge is 0.171 e. The van der Waals surface area contributed by atoms with E-state index in [1.54, 1.807) is 12.4 Å². The minimum atomic E-state index is 0.568. The molecule has 0 radical (unpaired) electrons. The van der Waals surface area contributed by atoms with Crippen LogP contribution in [0.4, 0.5) is 5.69 Å². The Labute approximate surface area is 116 Å². The predicted molar refractivity (Wildman–Crippen MR) is 78.7 cm³/mol. The van der Waals surface area contributed by atoms with E-state index >= 15 is 0 Å². The zero-order chi connectivity index (χ0) is 12.8. The Bertz CT molecular complexity index is 514. The zero-order valence-electron chi connectivity index (χ0n) is 9.56. The average molecular weight is 278 g/mol. The Morgan fingerprint density at radius 3 is 2.67 bits per heavy atom. The Kier molecular flexibility index (Phi) is 4.50. The van der Waals surface area contributed by atoms with Gasteiger partial charge in [0.1, 0.15) is 0 Å². The van der Waals surface area contributed by atoms with Crippen LogP contribution in [-0.2, 0) is 6.54 Å². The second-order valence-electron chi connectivity index (χ2n) is 3.68. The molecule has 0 aliphatic rings. The maximum atomic E-state index is 5.82. The summed E-state index contributed by atoms with van der Waals surface area (Å²) in [5, 5.41) is 7.47. The van der Waals surface area contributed by atoms with Crippen LogP contribution in [0.1, 0.15) is 5.56 Å². The summed E-state index contributed by atoms with van der Waals surface area (Å²) in [5.74, 6) is 0. The molecule has 0 saturated heterocycles. The molecule has 0 fully saturated rings. The second kappa shape index (κ2) is 6.33. The fraction of sp³-hybridized carbons (Fsp3) is 0.0769. The van der Waals surface area contributed by atoms with E-state index in [1.807, 2.05) is 36.4 Å². The number of rotatable bonds is 3. The van der Waals surface area contributed by atoms with Gasteiger partial charge in [-0.3, -0.25) is 4.98 Å². The van der Waals surface area contributed by atoms with E-state index in [0.717, 1.165) is 16.3 Å². The quantitative estimate of drug-likeness (QED) is 0.845. The van der Waals surface area contributed by atoms with Crippen molar-refractivity contribution in [2.45, 2.75) is 6.54 Å². The molecular formula is C13H12ClN3S. The topological polar surface area (TPSA) is 37.0 Å². The molecule has 5 heteroatoms. The van der Waals surface area contributed by atoms with Gasteiger partial charge >= 0.3 is 0 Å². The largest absolute Gasteiger partial charge is 0.358 e. The summed E-state index contributed by atoms with van der Waals surface area (Å²) in [6.07, 6.45) is 3.44. The van der Waals surface area contributed by atoms with Crippen LogP contribution in [0.15, 0.2) is 48.8 Å². The van der Waals surface area contributed by atoms with Crippen LogP contribution in [0.5, 0.6) is 0 Å². The molecule has 0 bridgehead atoms. The molecule has 0 aliphatic heterocycles. The molecule has 1 heterocycles. The Balaban J connectivity index is 1.83. The summed E-state index contributed by atoms with van der Waals surface area (Å²) in [7, 11) is 0. The first-order valence-corrected chi connectivity index (χ1v) is 6.22. The van der Waals surface area contributed by atoms with Gasteiger partial charge in [0.25, 0.3) is 0 Å². The van der Waals surface area contributed by atoms with Gasteiger partial charge in [0.05, 0.1) is 11.9 Å². The number of hydrogen-bond donors (Lipinski definition) is 2. The van der Waals surface area contributed by atoms with Crippen molar-refractivity contribution >= 4 is 34.6 Å². The SMILES string of the molecule is S=C(NCc1ccc(Cl)cc1)Nc1cccnc1. The predicted octanol–water partition coefficient (Wildman–Crippen LogP) is 3.22. The van der Waals surface area contributed by atoms with Gasteiger partial charge in [0.15, 0.2) is 5.11 Å². The molecule has 2 rings (SSSR count). The van der Waals surface area contributed by atoms with Crippen molar-refractivity contribution in [1.29, 1.82) is 0 Å². The van der Waals surface area contributed by atoms with Crippen molar-refractivity contribution in [1.82, 2.24) is 10.3 Å². The average Bonchev–Trinajstić information content (AvgIpc) is 2.39. The monoisotopic (exact) mass is 277 g/mol. The van der Waals surface area contributed by atoms with E-state index < -0.39 is 0 Å². The van der Waals surface area contributed by atoms with Gasteiger partial charge in [-0.2, -0.15) is 0 Å². The fourth-order valence-electron chi connectivity index (χ4n) is 1.40. The number of anilines is 1. The van der Waals surface area contributed by atoms with Gasteiger partial charge in [-0.05, 0) is 42.0 Å². The molecule has 0 spiro atoms. The lowest BCUT2D eigenvalue weighted by Crippen LogP contribution is -2.27. The summed E-state index contributed by atoms with van der Waals surface area (Å²) in [5.41, 5.74) is 1.99. The van der Waals surface area contributed by atoms with E-state index in [0.29, 0.717) is 11.7 Å². The second-order valence-corrected chi connectivity index (χ2v) is 4.52. The summed E-state index contributed by atoms with van der Waals surface area (Å²) in [6, 6.07) is 11.4. The highest BCUT2D eigenvalue weighted by atomic mass is 35.5. The third-order valence-electron chi connectivity index (χ3n) is 2.29. The molecule has 0 amide bonds. The van der Waals surface area contributed by atoms with Crippen molar-refractivity contribution in [3.05, 3.63) is 59.4 Å². The number of nitrogens with one attached hydrogen (secondary N) is 2. The van der Waals surface area contributed by atoms with Crippen LogP contribution < -0.4 is 10.6 Å². The van der Waals surface area contributed by atoms with Crippen LogP contribution >= 0.6 is 23.8 Å². The summed E-state index contributed by atoms with van der Waals surface area (Å²) >= 11 is 11.0. The number of thiocarbonyl (C=S) groups is 1. The first kappa shape index (κ1) is 12.8. The van der Waals surface area contributed by atoms with Crippen LogP contribution in [-0.4, -0.2) is 10.1 Å². The van der Waals surface area contributed by atoms with E-state index in [9.17, 15) is 0 Å². The van der Waals surface area contributed by atoms with Crippen molar-refractivity contribution in [3.8, 4) is 0 Å².